The van der Waals surface area contributed by atoms with Gasteiger partial charge in [-0.3, -0.25) is 0 Å². The molecule has 0 N–H and O–H groups in total. The second-order valence-electron chi connectivity index (χ2n) is 21.3. The van der Waals surface area contributed by atoms with Gasteiger partial charge in [0.2, 0.25) is 0 Å². The van der Waals surface area contributed by atoms with Gasteiger partial charge in [-0.05, 0) is 156 Å². The Balaban J connectivity index is 0.902. The van der Waals surface area contributed by atoms with Crippen LogP contribution in [-0.4, -0.2) is 0 Å². The molecule has 1 unspecified atom stereocenters. The maximum atomic E-state index is 2.54. The third-order valence-corrected chi connectivity index (χ3v) is 16.7. The Hall–Kier alpha value is -7.02. The second-order valence-corrected chi connectivity index (χ2v) is 21.3. The van der Waals surface area contributed by atoms with E-state index in [9.17, 15) is 0 Å². The summed E-state index contributed by atoms with van der Waals surface area (Å²) >= 11 is 0. The smallest absolute Gasteiger partial charge is 0.0619 e. The first-order valence-corrected chi connectivity index (χ1v) is 24.6. The molecule has 0 bridgehead atoms. The highest BCUT2D eigenvalue weighted by molar-refractivity contribution is 6.00. The van der Waals surface area contributed by atoms with E-state index in [2.05, 4.69) is 230 Å². The minimum absolute atomic E-state index is 0.00847. The molecule has 4 aliphatic carbocycles. The molecule has 9 aromatic rings. The molecule has 67 heavy (non-hydrogen) atoms. The van der Waals surface area contributed by atoms with E-state index in [4.69, 9.17) is 0 Å². The molecule has 0 aliphatic heterocycles. The molecule has 0 heterocycles. The number of hydrogen-bond acceptors (Lipinski definition) is 0. The summed E-state index contributed by atoms with van der Waals surface area (Å²) in [7, 11) is 0. The van der Waals surface area contributed by atoms with E-state index >= 15 is 0 Å². The predicted molar refractivity (Wildman–Crippen MR) is 280 cm³/mol. The first-order chi connectivity index (χ1) is 32.5. The van der Waals surface area contributed by atoms with Crippen LogP contribution in [0.3, 0.4) is 0 Å². The van der Waals surface area contributed by atoms with Crippen LogP contribution >= 0.6 is 0 Å². The van der Waals surface area contributed by atoms with Gasteiger partial charge in [-0.15, -0.1) is 0 Å². The van der Waals surface area contributed by atoms with E-state index < -0.39 is 0 Å². The van der Waals surface area contributed by atoms with Gasteiger partial charge in [0.1, 0.15) is 0 Å². The van der Waals surface area contributed by atoms with Crippen LogP contribution in [0, 0.1) is 13.8 Å². The van der Waals surface area contributed by atoms with E-state index in [-0.39, 0.29) is 16.2 Å². The molecule has 1 atom stereocenters. The van der Waals surface area contributed by atoms with E-state index in [0.717, 1.165) is 19.3 Å². The minimum Gasteiger partial charge on any atom is -0.0619 e. The lowest BCUT2D eigenvalue weighted by atomic mass is 9.70. The van der Waals surface area contributed by atoms with Crippen molar-refractivity contribution in [2.75, 3.05) is 0 Å². The van der Waals surface area contributed by atoms with Crippen molar-refractivity contribution >= 4 is 0 Å². The Morgan fingerprint density at radius 2 is 0.836 bits per heavy atom. The predicted octanol–water partition coefficient (Wildman–Crippen LogP) is 16.9. The molecule has 0 aromatic heterocycles. The summed E-state index contributed by atoms with van der Waals surface area (Å²) in [6, 6.07) is 72.9. The van der Waals surface area contributed by atoms with Gasteiger partial charge >= 0.3 is 0 Å². The van der Waals surface area contributed by atoms with Crippen LogP contribution < -0.4 is 0 Å². The van der Waals surface area contributed by atoms with Crippen LogP contribution in [0.15, 0.2) is 188 Å². The monoisotopic (exact) mass is 860 g/mol. The zero-order valence-corrected chi connectivity index (χ0v) is 39.6. The standard InChI is InChI=1S/C67H56/c1-41-23-32-54-62(36-41)67(58-21-13-9-17-50(58)51-18-10-14-22-59(51)67)63-37-42(2)35-55(64(54)63)46-30-28-45(29-31-46)47(38-44-26-34-53-49-16-8-12-20-57(49)66(5,6)61(53)40-44)27-24-43-25-33-52-48-15-7-11-19-56(48)65(3,4)60(52)39-43/h7-23,25-26,28-37,39-40,47H,24,27,38H2,1-6H3. The maximum absolute atomic E-state index is 2.54. The first-order valence-electron chi connectivity index (χ1n) is 24.6. The summed E-state index contributed by atoms with van der Waals surface area (Å²) < 4.78 is 0. The van der Waals surface area contributed by atoms with E-state index in [1.165, 1.54) is 128 Å². The van der Waals surface area contributed by atoms with Crippen molar-refractivity contribution in [3.8, 4) is 55.6 Å². The molecule has 1 spiro atoms. The highest BCUT2D eigenvalue weighted by Gasteiger charge is 2.52. The topological polar surface area (TPSA) is 0 Å². The van der Waals surface area contributed by atoms with Gasteiger partial charge in [0.15, 0.2) is 0 Å². The molecule has 0 amide bonds. The van der Waals surface area contributed by atoms with Crippen LogP contribution in [0.5, 0.6) is 0 Å². The largest absolute Gasteiger partial charge is 0.0725 e. The van der Waals surface area contributed by atoms with Crippen molar-refractivity contribution in [2.24, 2.45) is 0 Å². The summed E-state index contributed by atoms with van der Waals surface area (Å²) in [6.07, 6.45) is 3.09. The summed E-state index contributed by atoms with van der Waals surface area (Å²) in [5, 5.41) is 0. The van der Waals surface area contributed by atoms with Crippen molar-refractivity contribution in [1.82, 2.24) is 0 Å². The van der Waals surface area contributed by atoms with Crippen molar-refractivity contribution in [1.29, 1.82) is 0 Å². The molecule has 0 fully saturated rings. The Morgan fingerprint density at radius 1 is 0.358 bits per heavy atom. The Labute approximate surface area is 397 Å². The lowest BCUT2D eigenvalue weighted by molar-refractivity contribution is 0.615. The van der Waals surface area contributed by atoms with Crippen molar-refractivity contribution < 1.29 is 0 Å². The number of benzene rings is 9. The van der Waals surface area contributed by atoms with Crippen LogP contribution in [0.25, 0.3) is 55.6 Å². The Kier molecular flexibility index (Phi) is 8.71. The quantitative estimate of drug-likeness (QED) is 0.150. The van der Waals surface area contributed by atoms with E-state index in [1.54, 1.807) is 0 Å². The van der Waals surface area contributed by atoms with Gasteiger partial charge in [-0.1, -0.05) is 227 Å². The van der Waals surface area contributed by atoms with Crippen LogP contribution in [0.2, 0.25) is 0 Å². The van der Waals surface area contributed by atoms with E-state index in [1.807, 2.05) is 0 Å². The lowest BCUT2D eigenvalue weighted by Crippen LogP contribution is -2.26. The van der Waals surface area contributed by atoms with E-state index in [0.29, 0.717) is 5.92 Å². The average molecular weight is 861 g/mol. The Morgan fingerprint density at radius 3 is 1.43 bits per heavy atom. The SMILES string of the molecule is Cc1ccc2c(c1)C1(c3ccccc3-c3ccccc31)c1cc(C)cc(-c3ccc(C(CCc4ccc5c(c4)C(C)(C)c4ccccc4-5)Cc4ccc5c(c4)C(C)(C)c4ccccc4-5)cc3)c1-2. The average Bonchev–Trinajstić information content (AvgIpc) is 3.97. The van der Waals surface area contributed by atoms with Crippen molar-refractivity contribution in [3.05, 3.63) is 260 Å². The summed E-state index contributed by atoms with van der Waals surface area (Å²) in [6.45, 7) is 14.1. The van der Waals surface area contributed by atoms with Crippen molar-refractivity contribution in [2.45, 2.75) is 83.0 Å². The number of fused-ring (bicyclic) bond motifs is 16. The molecule has 0 saturated carbocycles. The highest BCUT2D eigenvalue weighted by atomic mass is 14.5. The first kappa shape index (κ1) is 40.3. The van der Waals surface area contributed by atoms with Crippen molar-refractivity contribution in [3.63, 3.8) is 0 Å². The fraction of sp³-hybridized carbons (Fsp3) is 0.194. The van der Waals surface area contributed by atoms with Gasteiger partial charge in [-0.2, -0.15) is 0 Å². The third-order valence-electron chi connectivity index (χ3n) is 16.7. The molecule has 0 heteroatoms. The maximum Gasteiger partial charge on any atom is 0.0725 e. The zero-order valence-electron chi connectivity index (χ0n) is 39.6. The molecular formula is C67H56. The molecule has 0 nitrogen and oxygen atoms in total. The molecule has 4 aliphatic rings. The number of rotatable bonds is 7. The summed E-state index contributed by atoms with van der Waals surface area (Å²) in [5.74, 6) is 0.346. The van der Waals surface area contributed by atoms with Crippen LogP contribution in [0.1, 0.15) is 112 Å². The van der Waals surface area contributed by atoms with Gasteiger partial charge in [0.05, 0.1) is 5.41 Å². The lowest BCUT2D eigenvalue weighted by Gasteiger charge is -2.31. The normalized spacial score (nSPS) is 15.8. The fourth-order valence-electron chi connectivity index (χ4n) is 13.5. The fourth-order valence-corrected chi connectivity index (χ4v) is 13.5. The number of aryl methyl sites for hydroxylation is 3. The summed E-state index contributed by atoms with van der Waals surface area (Å²) in [4.78, 5) is 0. The van der Waals surface area contributed by atoms with Crippen LogP contribution in [0.4, 0.5) is 0 Å². The van der Waals surface area contributed by atoms with Gasteiger partial charge in [-0.25, -0.2) is 0 Å². The van der Waals surface area contributed by atoms with Crippen LogP contribution in [-0.2, 0) is 29.1 Å². The minimum atomic E-state index is -0.364. The Bertz CT molecular complexity index is 3470. The molecule has 0 radical (unpaired) electrons. The third kappa shape index (κ3) is 5.72. The molecular weight excluding hydrogens is 805 g/mol. The zero-order chi connectivity index (χ0) is 45.4. The van der Waals surface area contributed by atoms with Gasteiger partial charge in [0.25, 0.3) is 0 Å². The highest BCUT2D eigenvalue weighted by Crippen LogP contribution is 2.64. The molecule has 9 aromatic carbocycles. The molecule has 13 rings (SSSR count). The molecule has 0 saturated heterocycles. The molecule has 324 valence electrons. The number of hydrogen-bond donors (Lipinski definition) is 0. The van der Waals surface area contributed by atoms with Gasteiger partial charge in [0, 0.05) is 10.8 Å². The summed E-state index contributed by atoms with van der Waals surface area (Å²) in [5.41, 5.74) is 31.4. The van der Waals surface area contributed by atoms with Gasteiger partial charge < -0.3 is 0 Å². The second kappa shape index (κ2) is 14.5.